The molecule has 0 N–H and O–H groups in total. The second-order valence-electron chi connectivity index (χ2n) is 6.97. The van der Waals surface area contributed by atoms with Gasteiger partial charge in [0.15, 0.2) is 11.8 Å². The van der Waals surface area contributed by atoms with Gasteiger partial charge in [-0.1, -0.05) is 18.0 Å². The molecule has 0 aliphatic carbocycles. The van der Waals surface area contributed by atoms with Crippen LogP contribution in [0.2, 0.25) is 0 Å². The second kappa shape index (κ2) is 8.53. The summed E-state index contributed by atoms with van der Waals surface area (Å²) in [6.07, 6.45) is -5.09. The molecule has 0 fully saturated rings. The molecule has 1 aliphatic heterocycles. The van der Waals surface area contributed by atoms with Crippen molar-refractivity contribution in [2.75, 3.05) is 0 Å². The Balaban J connectivity index is 2.50. The molecule has 0 saturated carbocycles. The predicted molar refractivity (Wildman–Crippen MR) is 91.1 cm³/mol. The van der Waals surface area contributed by atoms with Crippen LogP contribution in [0.1, 0.15) is 69.1 Å². The van der Waals surface area contributed by atoms with E-state index < -0.39 is 34.9 Å². The smallest absolute Gasteiger partial charge is 0.416 e. The summed E-state index contributed by atoms with van der Waals surface area (Å²) in [4.78, 5) is 0. The third kappa shape index (κ3) is 5.48. The van der Waals surface area contributed by atoms with E-state index in [1.54, 1.807) is 6.92 Å². The Bertz CT molecular complexity index is 732. The van der Waals surface area contributed by atoms with E-state index >= 15 is 0 Å². The first-order valence-electron chi connectivity index (χ1n) is 9.10. The lowest BCUT2D eigenvalue weighted by molar-refractivity contribution is -0.582. The highest BCUT2D eigenvalue weighted by molar-refractivity contribution is 5.91. The molecule has 0 amide bonds. The van der Waals surface area contributed by atoms with Crippen LogP contribution in [0, 0.1) is 0 Å². The number of benzene rings is 1. The Labute approximate surface area is 159 Å². The molecule has 1 atom stereocenters. The molecule has 0 bridgehead atoms. The number of hydrazone groups is 1. The minimum atomic E-state index is -5.01. The van der Waals surface area contributed by atoms with Crippen LogP contribution in [0.5, 0.6) is 0 Å². The van der Waals surface area contributed by atoms with Crippen molar-refractivity contribution in [1.82, 2.24) is 0 Å². The van der Waals surface area contributed by atoms with Crippen LogP contribution in [0.4, 0.5) is 26.3 Å². The summed E-state index contributed by atoms with van der Waals surface area (Å²) < 4.78 is 79.5. The SMILES string of the molecule is CCCCC1CCCC(C)=[N+]1/N=C(\[O-])c1cc(C(F)(F)F)cc(C(F)(F)F)c1. The van der Waals surface area contributed by atoms with Gasteiger partial charge < -0.3 is 5.11 Å². The summed E-state index contributed by atoms with van der Waals surface area (Å²) >= 11 is 0. The van der Waals surface area contributed by atoms with E-state index in [0.717, 1.165) is 37.8 Å². The Hall–Kier alpha value is -2.06. The largest absolute Gasteiger partial charge is 0.854 e. The van der Waals surface area contributed by atoms with Crippen LogP contribution < -0.4 is 5.11 Å². The van der Waals surface area contributed by atoms with Crippen molar-refractivity contribution in [3.63, 3.8) is 0 Å². The lowest BCUT2D eigenvalue weighted by Crippen LogP contribution is -2.34. The molecule has 28 heavy (non-hydrogen) atoms. The number of hydrogen-bond donors (Lipinski definition) is 0. The standard InChI is InChI=1S/C19H22F6N2O/c1-3-4-7-16-8-5-6-12(2)27(16)26-17(28)13-9-14(18(20,21)22)11-15(10-13)19(23,24)25/h9-11,16H,3-8H2,1-2H3. The molecular formula is C19H22F6N2O. The molecular weight excluding hydrogens is 386 g/mol. The van der Waals surface area contributed by atoms with Gasteiger partial charge in [-0.05, 0) is 41.7 Å². The summed E-state index contributed by atoms with van der Waals surface area (Å²) in [5.41, 5.74) is -3.00. The van der Waals surface area contributed by atoms with Gasteiger partial charge in [0, 0.05) is 26.2 Å². The first kappa shape index (κ1) is 22.2. The maximum absolute atomic E-state index is 13.0. The fourth-order valence-electron chi connectivity index (χ4n) is 3.25. The monoisotopic (exact) mass is 408 g/mol. The van der Waals surface area contributed by atoms with Gasteiger partial charge in [-0.15, -0.1) is 0 Å². The quantitative estimate of drug-likeness (QED) is 0.294. The Kier molecular flexibility index (Phi) is 6.77. The van der Waals surface area contributed by atoms with Gasteiger partial charge in [0.05, 0.1) is 17.0 Å². The highest BCUT2D eigenvalue weighted by atomic mass is 19.4. The van der Waals surface area contributed by atoms with Crippen LogP contribution in [0.25, 0.3) is 0 Å². The molecule has 1 heterocycles. The molecule has 9 heteroatoms. The van der Waals surface area contributed by atoms with Gasteiger partial charge in [0.2, 0.25) is 0 Å². The number of alkyl halides is 6. The zero-order valence-electron chi connectivity index (χ0n) is 15.6. The Morgan fingerprint density at radius 1 is 1.11 bits per heavy atom. The molecule has 1 unspecified atom stereocenters. The van der Waals surface area contributed by atoms with Crippen LogP contribution >= 0.6 is 0 Å². The zero-order chi connectivity index (χ0) is 21.1. The molecule has 156 valence electrons. The van der Waals surface area contributed by atoms with E-state index in [1.807, 2.05) is 6.92 Å². The summed E-state index contributed by atoms with van der Waals surface area (Å²) in [5.74, 6) is -1.11. The highest BCUT2D eigenvalue weighted by Gasteiger charge is 2.37. The molecule has 0 spiro atoms. The van der Waals surface area contributed by atoms with Gasteiger partial charge >= 0.3 is 12.4 Å². The first-order chi connectivity index (χ1) is 12.9. The molecule has 0 aromatic heterocycles. The van der Waals surface area contributed by atoms with Crippen LogP contribution in [-0.4, -0.2) is 22.3 Å². The molecule has 1 aliphatic rings. The van der Waals surface area contributed by atoms with Crippen LogP contribution in [-0.2, 0) is 12.4 Å². The van der Waals surface area contributed by atoms with E-state index in [4.69, 9.17) is 0 Å². The van der Waals surface area contributed by atoms with Gasteiger partial charge in [-0.25, -0.2) is 0 Å². The van der Waals surface area contributed by atoms with Crippen molar-refractivity contribution >= 4 is 11.6 Å². The molecule has 2 rings (SSSR count). The fraction of sp³-hybridized carbons (Fsp3) is 0.579. The molecule has 1 aromatic rings. The molecule has 3 nitrogen and oxygen atoms in total. The van der Waals surface area contributed by atoms with Crippen molar-refractivity contribution in [3.05, 3.63) is 34.9 Å². The minimum Gasteiger partial charge on any atom is -0.854 e. The van der Waals surface area contributed by atoms with Crippen molar-refractivity contribution in [2.45, 2.75) is 70.8 Å². The molecule has 0 saturated heterocycles. The summed E-state index contributed by atoms with van der Waals surface area (Å²) in [7, 11) is 0. The van der Waals surface area contributed by atoms with E-state index in [-0.39, 0.29) is 12.1 Å². The highest BCUT2D eigenvalue weighted by Crippen LogP contribution is 2.36. The van der Waals surface area contributed by atoms with Crippen molar-refractivity contribution in [2.24, 2.45) is 5.10 Å². The van der Waals surface area contributed by atoms with Gasteiger partial charge in [0.25, 0.3) is 0 Å². The summed E-state index contributed by atoms with van der Waals surface area (Å²) in [6.45, 7) is 3.77. The normalized spacial score (nSPS) is 19.3. The summed E-state index contributed by atoms with van der Waals surface area (Å²) in [6, 6.07) is 0.757. The van der Waals surface area contributed by atoms with Gasteiger partial charge in [0.1, 0.15) is 0 Å². The average molecular weight is 408 g/mol. The molecule has 0 radical (unpaired) electrons. The summed E-state index contributed by atoms with van der Waals surface area (Å²) in [5, 5.41) is 16.4. The average Bonchev–Trinajstić information content (AvgIpc) is 2.60. The predicted octanol–water partition coefficient (Wildman–Crippen LogP) is 4.96. The first-order valence-corrected chi connectivity index (χ1v) is 9.10. The van der Waals surface area contributed by atoms with E-state index in [9.17, 15) is 31.4 Å². The lowest BCUT2D eigenvalue weighted by atomic mass is 9.98. The van der Waals surface area contributed by atoms with Gasteiger partial charge in [-0.3, -0.25) is 0 Å². The Morgan fingerprint density at radius 2 is 1.68 bits per heavy atom. The van der Waals surface area contributed by atoms with Gasteiger partial charge in [-0.2, -0.15) is 26.3 Å². The maximum atomic E-state index is 13.0. The topological polar surface area (TPSA) is 38.4 Å². The minimum absolute atomic E-state index is 0.000891. The molecule has 1 aromatic carbocycles. The number of unbranched alkanes of at least 4 members (excludes halogenated alkanes) is 1. The van der Waals surface area contributed by atoms with E-state index in [0.29, 0.717) is 18.6 Å². The van der Waals surface area contributed by atoms with Crippen LogP contribution in [0.3, 0.4) is 0 Å². The fourth-order valence-corrected chi connectivity index (χ4v) is 3.25. The number of rotatable bonds is 5. The lowest BCUT2D eigenvalue weighted by Gasteiger charge is -2.20. The third-order valence-corrected chi connectivity index (χ3v) is 4.74. The Morgan fingerprint density at radius 3 is 2.18 bits per heavy atom. The van der Waals surface area contributed by atoms with Crippen molar-refractivity contribution in [3.8, 4) is 0 Å². The third-order valence-electron chi connectivity index (χ3n) is 4.74. The van der Waals surface area contributed by atoms with Crippen molar-refractivity contribution in [1.29, 1.82) is 0 Å². The second-order valence-corrected chi connectivity index (χ2v) is 6.97. The van der Waals surface area contributed by atoms with E-state index in [1.165, 1.54) is 4.68 Å². The number of halogens is 6. The maximum Gasteiger partial charge on any atom is 0.416 e. The van der Waals surface area contributed by atoms with Crippen molar-refractivity contribution < 1.29 is 36.1 Å². The number of hydrogen-bond acceptors (Lipinski definition) is 2. The van der Waals surface area contributed by atoms with Crippen LogP contribution in [0.15, 0.2) is 23.3 Å². The number of nitrogens with zero attached hydrogens (tertiary/aromatic N) is 2. The zero-order valence-corrected chi connectivity index (χ0v) is 15.6. The van der Waals surface area contributed by atoms with E-state index in [2.05, 4.69) is 5.10 Å².